The number of carbonyl (C=O) groups excluding carboxylic acids is 2. The van der Waals surface area contributed by atoms with E-state index in [1.807, 2.05) is 88.4 Å². The molecule has 0 fully saturated rings. The third-order valence-corrected chi connectivity index (χ3v) is 9.73. The Labute approximate surface area is 269 Å². The second-order valence-corrected chi connectivity index (χ2v) is 13.8. The minimum Gasteiger partial charge on any atom is -0.352 e. The van der Waals surface area contributed by atoms with Crippen molar-refractivity contribution in [2.24, 2.45) is 0 Å². The molecule has 0 aliphatic carbocycles. The number of sulfonamides is 1. The zero-order valence-corrected chi connectivity index (χ0v) is 27.8. The number of anilines is 1. The Morgan fingerprint density at radius 3 is 2.02 bits per heavy atom. The van der Waals surface area contributed by atoms with Crippen LogP contribution in [0.5, 0.6) is 0 Å². The Bertz CT molecular complexity index is 1680. The summed E-state index contributed by atoms with van der Waals surface area (Å²) in [6.45, 7) is 7.11. The van der Waals surface area contributed by atoms with Crippen LogP contribution >= 0.6 is 15.9 Å². The predicted octanol–water partition coefficient (Wildman–Crippen LogP) is 6.43. The topological polar surface area (TPSA) is 86.8 Å². The van der Waals surface area contributed by atoms with Crippen LogP contribution in [0.1, 0.15) is 36.1 Å². The van der Waals surface area contributed by atoms with Gasteiger partial charge in [0.2, 0.25) is 11.8 Å². The van der Waals surface area contributed by atoms with Gasteiger partial charge in [-0.1, -0.05) is 88.7 Å². The third-order valence-electron chi connectivity index (χ3n) is 7.42. The van der Waals surface area contributed by atoms with E-state index in [0.717, 1.165) is 26.7 Å². The highest BCUT2D eigenvalue weighted by atomic mass is 79.9. The van der Waals surface area contributed by atoms with E-state index in [2.05, 4.69) is 21.2 Å². The number of hydrogen-bond acceptors (Lipinski definition) is 4. The average Bonchev–Trinajstić information content (AvgIpc) is 3.00. The van der Waals surface area contributed by atoms with Crippen LogP contribution in [0.2, 0.25) is 0 Å². The number of benzene rings is 4. The van der Waals surface area contributed by atoms with Gasteiger partial charge in [0.25, 0.3) is 10.0 Å². The van der Waals surface area contributed by atoms with Crippen LogP contribution in [0.4, 0.5) is 5.69 Å². The van der Waals surface area contributed by atoms with Crippen LogP contribution in [-0.2, 0) is 32.6 Å². The minimum atomic E-state index is -4.15. The number of hydrogen-bond donors (Lipinski definition) is 1. The van der Waals surface area contributed by atoms with Crippen LogP contribution in [0.3, 0.4) is 0 Å². The lowest BCUT2D eigenvalue weighted by Gasteiger charge is -2.34. The first-order valence-electron chi connectivity index (χ1n) is 14.5. The summed E-state index contributed by atoms with van der Waals surface area (Å²) in [5.41, 5.74) is 3.75. The first-order chi connectivity index (χ1) is 21.0. The van der Waals surface area contributed by atoms with Crippen molar-refractivity contribution < 1.29 is 18.0 Å². The number of carbonyl (C=O) groups is 2. The van der Waals surface area contributed by atoms with Gasteiger partial charge in [-0.05, 0) is 80.3 Å². The van der Waals surface area contributed by atoms with Crippen LogP contribution in [0, 0.1) is 13.8 Å². The number of rotatable bonds is 12. The summed E-state index contributed by atoms with van der Waals surface area (Å²) in [4.78, 5) is 29.9. The lowest BCUT2D eigenvalue weighted by Crippen LogP contribution is -2.54. The maximum Gasteiger partial charge on any atom is 0.264 e. The molecule has 0 radical (unpaired) electrons. The van der Waals surface area contributed by atoms with Crippen molar-refractivity contribution in [3.05, 3.63) is 130 Å². The van der Waals surface area contributed by atoms with Gasteiger partial charge in [0.1, 0.15) is 12.6 Å². The smallest absolute Gasteiger partial charge is 0.264 e. The highest BCUT2D eigenvalue weighted by molar-refractivity contribution is 9.10. The van der Waals surface area contributed by atoms with Gasteiger partial charge in [-0.25, -0.2) is 8.42 Å². The zero-order valence-electron chi connectivity index (χ0n) is 25.4. The van der Waals surface area contributed by atoms with E-state index in [1.54, 1.807) is 30.3 Å². The summed E-state index contributed by atoms with van der Waals surface area (Å²) in [5.74, 6) is -0.799. The second kappa shape index (κ2) is 14.7. The van der Waals surface area contributed by atoms with Gasteiger partial charge in [0.15, 0.2) is 0 Å². The lowest BCUT2D eigenvalue weighted by atomic mass is 10.0. The number of nitrogens with zero attached hydrogens (tertiary/aromatic N) is 2. The molecule has 44 heavy (non-hydrogen) atoms. The van der Waals surface area contributed by atoms with Crippen LogP contribution in [-0.4, -0.2) is 43.8 Å². The Morgan fingerprint density at radius 1 is 0.795 bits per heavy atom. The molecule has 0 heterocycles. The van der Waals surface area contributed by atoms with Gasteiger partial charge in [-0.2, -0.15) is 0 Å². The number of nitrogens with one attached hydrogen (secondary N) is 1. The molecule has 4 rings (SSSR count). The van der Waals surface area contributed by atoms with Crippen molar-refractivity contribution in [3.63, 3.8) is 0 Å². The van der Waals surface area contributed by atoms with E-state index < -0.39 is 28.5 Å². The number of amides is 2. The maximum absolute atomic E-state index is 14.5. The van der Waals surface area contributed by atoms with Crippen LogP contribution in [0.15, 0.2) is 112 Å². The second-order valence-electron chi connectivity index (χ2n) is 11.1. The quantitative estimate of drug-likeness (QED) is 0.188. The molecule has 0 saturated heterocycles. The van der Waals surface area contributed by atoms with E-state index in [0.29, 0.717) is 5.69 Å². The molecule has 7 nitrogen and oxygen atoms in total. The van der Waals surface area contributed by atoms with Gasteiger partial charge in [-0.15, -0.1) is 0 Å². The van der Waals surface area contributed by atoms with Crippen LogP contribution in [0.25, 0.3) is 0 Å². The first kappa shape index (κ1) is 33.0. The van der Waals surface area contributed by atoms with E-state index in [-0.39, 0.29) is 29.8 Å². The summed E-state index contributed by atoms with van der Waals surface area (Å²) < 4.78 is 30.4. The third kappa shape index (κ3) is 8.15. The summed E-state index contributed by atoms with van der Waals surface area (Å²) in [6, 6.07) is 29.5. The van der Waals surface area contributed by atoms with Crippen molar-refractivity contribution in [2.45, 2.75) is 57.6 Å². The zero-order chi connectivity index (χ0) is 31.9. The van der Waals surface area contributed by atoms with Gasteiger partial charge >= 0.3 is 0 Å². The molecule has 1 N–H and O–H groups in total. The molecule has 0 saturated carbocycles. The van der Waals surface area contributed by atoms with Crippen molar-refractivity contribution in [1.29, 1.82) is 0 Å². The van der Waals surface area contributed by atoms with Crippen molar-refractivity contribution in [2.75, 3.05) is 10.8 Å². The largest absolute Gasteiger partial charge is 0.352 e. The molecule has 0 aliphatic heterocycles. The van der Waals surface area contributed by atoms with E-state index in [4.69, 9.17) is 0 Å². The molecule has 2 amide bonds. The standard InChI is InChI=1S/C35H38BrN3O4S/c1-25(2)37-35(41)33(22-28-13-7-5-8-14-28)38(23-29-18-20-30(36)21-19-29)34(40)24-39(32-17-11-12-26(3)27(32)4)44(42,43)31-15-9-6-10-16-31/h5-21,25,33H,22-24H2,1-4H3,(H,37,41). The molecule has 4 aromatic carbocycles. The average molecular weight is 677 g/mol. The Morgan fingerprint density at radius 2 is 1.41 bits per heavy atom. The summed E-state index contributed by atoms with van der Waals surface area (Å²) in [6.07, 6.45) is 0.260. The molecule has 1 atom stereocenters. The molecule has 1 unspecified atom stereocenters. The summed E-state index contributed by atoms with van der Waals surface area (Å²) in [7, 11) is -4.15. The predicted molar refractivity (Wildman–Crippen MR) is 179 cm³/mol. The van der Waals surface area contributed by atoms with Crippen molar-refractivity contribution in [1.82, 2.24) is 10.2 Å². The summed E-state index contributed by atoms with van der Waals surface area (Å²) >= 11 is 3.46. The molecular weight excluding hydrogens is 638 g/mol. The Hall–Kier alpha value is -3.95. The monoisotopic (exact) mass is 675 g/mol. The van der Waals surface area contributed by atoms with Crippen LogP contribution < -0.4 is 9.62 Å². The van der Waals surface area contributed by atoms with Crippen molar-refractivity contribution in [3.8, 4) is 0 Å². The SMILES string of the molecule is Cc1cccc(N(CC(=O)N(Cc2ccc(Br)cc2)C(Cc2ccccc2)C(=O)NC(C)C)S(=O)(=O)c2ccccc2)c1C. The van der Waals surface area contributed by atoms with Gasteiger partial charge in [-0.3, -0.25) is 13.9 Å². The summed E-state index contributed by atoms with van der Waals surface area (Å²) in [5, 5.41) is 2.98. The number of halogens is 1. The molecule has 0 aromatic heterocycles. The molecule has 0 spiro atoms. The Balaban J connectivity index is 1.82. The fourth-order valence-corrected chi connectivity index (χ4v) is 6.72. The fourth-order valence-electron chi connectivity index (χ4n) is 4.96. The maximum atomic E-state index is 14.5. The van der Waals surface area contributed by atoms with Crippen molar-refractivity contribution >= 4 is 43.5 Å². The fraction of sp³-hybridized carbons (Fsp3) is 0.257. The first-order valence-corrected chi connectivity index (χ1v) is 16.7. The number of aryl methyl sites for hydroxylation is 1. The minimum absolute atomic E-state index is 0.0755. The highest BCUT2D eigenvalue weighted by Crippen LogP contribution is 2.29. The normalized spacial score (nSPS) is 12.0. The molecule has 0 bridgehead atoms. The molecule has 9 heteroatoms. The molecule has 0 aliphatic rings. The molecular formula is C35H38BrN3O4S. The molecule has 230 valence electrons. The van der Waals surface area contributed by atoms with Gasteiger partial charge in [0.05, 0.1) is 10.6 Å². The van der Waals surface area contributed by atoms with Gasteiger partial charge in [0, 0.05) is 23.5 Å². The lowest BCUT2D eigenvalue weighted by molar-refractivity contribution is -0.140. The van der Waals surface area contributed by atoms with E-state index in [9.17, 15) is 18.0 Å². The molecule has 4 aromatic rings. The van der Waals surface area contributed by atoms with Gasteiger partial charge < -0.3 is 10.2 Å². The van der Waals surface area contributed by atoms with E-state index >= 15 is 0 Å². The van der Waals surface area contributed by atoms with E-state index in [1.165, 1.54) is 21.3 Å². The highest BCUT2D eigenvalue weighted by Gasteiger charge is 2.35. The Kier molecular flexibility index (Phi) is 11.0.